The maximum absolute atomic E-state index is 12.7. The van der Waals surface area contributed by atoms with Crippen molar-refractivity contribution in [2.75, 3.05) is 25.2 Å². The number of hydrogen-bond acceptors (Lipinski definition) is 6. The standard InChI is InChI=1S/C17H20N2O5S/c1-3-19(13-7-8-25(21,22)11-13)17(20)15-10-16(24-18-15)12-5-4-6-14(9-12)23-2/h4-6,9-10,13H,3,7-8,11H2,1-2H3. The summed E-state index contributed by atoms with van der Waals surface area (Å²) in [7, 11) is -1.49. The fraction of sp³-hybridized carbons (Fsp3) is 0.412. The average molecular weight is 364 g/mol. The molecule has 2 aromatic rings. The molecule has 2 heterocycles. The van der Waals surface area contributed by atoms with Crippen LogP contribution in [0.2, 0.25) is 0 Å². The van der Waals surface area contributed by atoms with Crippen LogP contribution < -0.4 is 4.74 Å². The Morgan fingerprint density at radius 1 is 1.40 bits per heavy atom. The van der Waals surface area contributed by atoms with E-state index in [-0.39, 0.29) is 29.1 Å². The zero-order chi connectivity index (χ0) is 18.0. The Balaban J connectivity index is 1.82. The number of sulfone groups is 1. The summed E-state index contributed by atoms with van der Waals surface area (Å²) in [4.78, 5) is 14.3. The Labute approximate surface area is 146 Å². The minimum atomic E-state index is -3.06. The predicted molar refractivity (Wildman–Crippen MR) is 92.3 cm³/mol. The first-order valence-electron chi connectivity index (χ1n) is 8.06. The van der Waals surface area contributed by atoms with Crippen LogP contribution in [0.5, 0.6) is 5.75 Å². The summed E-state index contributed by atoms with van der Waals surface area (Å²) in [5.74, 6) is 0.940. The fourth-order valence-electron chi connectivity index (χ4n) is 3.02. The maximum Gasteiger partial charge on any atom is 0.276 e. The molecule has 1 saturated heterocycles. The molecular formula is C17H20N2O5S. The summed E-state index contributed by atoms with van der Waals surface area (Å²) in [5, 5.41) is 3.87. The molecule has 1 fully saturated rings. The summed E-state index contributed by atoms with van der Waals surface area (Å²) in [5.41, 5.74) is 0.918. The Morgan fingerprint density at radius 3 is 2.84 bits per heavy atom. The second kappa shape index (κ2) is 6.87. The lowest BCUT2D eigenvalue weighted by atomic mass is 10.1. The minimum absolute atomic E-state index is 0.00712. The highest BCUT2D eigenvalue weighted by Gasteiger charge is 2.35. The molecule has 1 unspecified atom stereocenters. The number of carbonyl (C=O) groups excluding carboxylic acids is 1. The van der Waals surface area contributed by atoms with E-state index in [1.54, 1.807) is 24.1 Å². The molecule has 8 heteroatoms. The second-order valence-electron chi connectivity index (χ2n) is 5.96. The second-order valence-corrected chi connectivity index (χ2v) is 8.19. The first-order valence-corrected chi connectivity index (χ1v) is 9.88. The van der Waals surface area contributed by atoms with Crippen LogP contribution in [0.4, 0.5) is 0 Å². The monoisotopic (exact) mass is 364 g/mol. The maximum atomic E-state index is 12.7. The van der Waals surface area contributed by atoms with E-state index in [2.05, 4.69) is 5.16 Å². The van der Waals surface area contributed by atoms with Crippen molar-refractivity contribution in [1.82, 2.24) is 10.1 Å². The largest absolute Gasteiger partial charge is 0.497 e. The molecule has 7 nitrogen and oxygen atoms in total. The van der Waals surface area contributed by atoms with Crippen LogP contribution >= 0.6 is 0 Å². The Kier molecular flexibility index (Phi) is 4.80. The van der Waals surface area contributed by atoms with Crippen LogP contribution in [0.25, 0.3) is 11.3 Å². The number of ether oxygens (including phenoxy) is 1. The van der Waals surface area contributed by atoms with E-state index < -0.39 is 9.84 Å². The van der Waals surface area contributed by atoms with Crippen molar-refractivity contribution in [3.63, 3.8) is 0 Å². The van der Waals surface area contributed by atoms with Gasteiger partial charge in [0.05, 0.1) is 18.6 Å². The Hall–Kier alpha value is -2.35. The quantitative estimate of drug-likeness (QED) is 0.806. The SMILES string of the molecule is CCN(C(=O)c1cc(-c2cccc(OC)c2)on1)C1CCS(=O)(=O)C1. The van der Waals surface area contributed by atoms with Crippen molar-refractivity contribution in [2.45, 2.75) is 19.4 Å². The van der Waals surface area contributed by atoms with Gasteiger partial charge in [0, 0.05) is 24.2 Å². The molecule has 3 rings (SSSR count). The third-order valence-corrected chi connectivity index (χ3v) is 6.08. The number of rotatable bonds is 5. The molecule has 134 valence electrons. The topological polar surface area (TPSA) is 89.7 Å². The number of nitrogens with zero attached hydrogens (tertiary/aromatic N) is 2. The summed E-state index contributed by atoms with van der Waals surface area (Å²) in [6.07, 6.45) is 0.461. The zero-order valence-electron chi connectivity index (χ0n) is 14.1. The minimum Gasteiger partial charge on any atom is -0.497 e. The van der Waals surface area contributed by atoms with Gasteiger partial charge in [-0.2, -0.15) is 0 Å². The van der Waals surface area contributed by atoms with Gasteiger partial charge in [-0.25, -0.2) is 8.42 Å². The molecule has 1 aromatic heterocycles. The molecule has 0 spiro atoms. The van der Waals surface area contributed by atoms with E-state index in [1.165, 1.54) is 0 Å². The number of aromatic nitrogens is 1. The highest BCUT2D eigenvalue weighted by molar-refractivity contribution is 7.91. The number of benzene rings is 1. The van der Waals surface area contributed by atoms with E-state index in [0.717, 1.165) is 5.56 Å². The molecule has 0 radical (unpaired) electrons. The normalized spacial score (nSPS) is 18.9. The van der Waals surface area contributed by atoms with Gasteiger partial charge in [-0.1, -0.05) is 17.3 Å². The van der Waals surface area contributed by atoms with Crippen molar-refractivity contribution in [1.29, 1.82) is 0 Å². The van der Waals surface area contributed by atoms with Crippen molar-refractivity contribution < 1.29 is 22.5 Å². The first-order chi connectivity index (χ1) is 11.9. The van der Waals surface area contributed by atoms with Crippen LogP contribution in [-0.2, 0) is 9.84 Å². The molecule has 1 aliphatic rings. The van der Waals surface area contributed by atoms with Crippen molar-refractivity contribution in [3.05, 3.63) is 36.0 Å². The fourth-order valence-corrected chi connectivity index (χ4v) is 4.76. The molecule has 1 atom stereocenters. The van der Waals surface area contributed by atoms with Gasteiger partial charge in [0.2, 0.25) is 0 Å². The molecule has 0 bridgehead atoms. The van der Waals surface area contributed by atoms with E-state index in [0.29, 0.717) is 24.5 Å². The van der Waals surface area contributed by atoms with Gasteiger partial charge in [0.15, 0.2) is 21.3 Å². The average Bonchev–Trinajstić information content (AvgIpc) is 3.22. The molecular weight excluding hydrogens is 344 g/mol. The van der Waals surface area contributed by atoms with Crippen LogP contribution in [0.3, 0.4) is 0 Å². The van der Waals surface area contributed by atoms with E-state index in [9.17, 15) is 13.2 Å². The number of methoxy groups -OCH3 is 1. The predicted octanol–water partition coefficient (Wildman–Crippen LogP) is 2.00. The molecule has 0 aliphatic carbocycles. The van der Waals surface area contributed by atoms with E-state index in [4.69, 9.17) is 9.26 Å². The zero-order valence-corrected chi connectivity index (χ0v) is 15.0. The van der Waals surface area contributed by atoms with Gasteiger partial charge in [-0.15, -0.1) is 0 Å². The lowest BCUT2D eigenvalue weighted by Gasteiger charge is -2.25. The van der Waals surface area contributed by atoms with E-state index in [1.807, 2.05) is 25.1 Å². The summed E-state index contributed by atoms with van der Waals surface area (Å²) in [6.45, 7) is 2.24. The smallest absolute Gasteiger partial charge is 0.276 e. The van der Waals surface area contributed by atoms with Crippen LogP contribution in [-0.4, -0.2) is 55.6 Å². The van der Waals surface area contributed by atoms with Crippen LogP contribution in [0.15, 0.2) is 34.9 Å². The van der Waals surface area contributed by atoms with Gasteiger partial charge in [-0.3, -0.25) is 4.79 Å². The van der Waals surface area contributed by atoms with Gasteiger partial charge in [0.25, 0.3) is 5.91 Å². The van der Waals surface area contributed by atoms with Crippen molar-refractivity contribution >= 4 is 15.7 Å². The van der Waals surface area contributed by atoms with Gasteiger partial charge in [0.1, 0.15) is 5.75 Å². The lowest BCUT2D eigenvalue weighted by molar-refractivity contribution is 0.0698. The summed E-state index contributed by atoms with van der Waals surface area (Å²) in [6, 6.07) is 8.52. The Morgan fingerprint density at radius 2 is 2.20 bits per heavy atom. The number of amides is 1. The Bertz CT molecular complexity index is 875. The summed E-state index contributed by atoms with van der Waals surface area (Å²) < 4.78 is 33.8. The highest BCUT2D eigenvalue weighted by Crippen LogP contribution is 2.26. The third-order valence-electron chi connectivity index (χ3n) is 4.33. The molecule has 1 aromatic carbocycles. The van der Waals surface area contributed by atoms with Gasteiger partial charge >= 0.3 is 0 Å². The molecule has 1 amide bonds. The molecule has 0 saturated carbocycles. The van der Waals surface area contributed by atoms with Crippen molar-refractivity contribution in [3.8, 4) is 17.1 Å². The third kappa shape index (κ3) is 3.68. The number of hydrogen-bond donors (Lipinski definition) is 0. The first kappa shape index (κ1) is 17.5. The van der Waals surface area contributed by atoms with Crippen LogP contribution in [0, 0.1) is 0 Å². The summed E-state index contributed by atoms with van der Waals surface area (Å²) >= 11 is 0. The highest BCUT2D eigenvalue weighted by atomic mass is 32.2. The molecule has 25 heavy (non-hydrogen) atoms. The molecule has 1 aliphatic heterocycles. The number of carbonyl (C=O) groups is 1. The molecule has 0 N–H and O–H groups in total. The van der Waals surface area contributed by atoms with Gasteiger partial charge in [-0.05, 0) is 25.5 Å². The van der Waals surface area contributed by atoms with E-state index >= 15 is 0 Å². The lowest BCUT2D eigenvalue weighted by Crippen LogP contribution is -2.41. The van der Waals surface area contributed by atoms with Crippen LogP contribution in [0.1, 0.15) is 23.8 Å². The van der Waals surface area contributed by atoms with Crippen molar-refractivity contribution in [2.24, 2.45) is 0 Å². The van der Waals surface area contributed by atoms with Gasteiger partial charge < -0.3 is 14.2 Å².